The molecule has 0 atom stereocenters. The first-order valence-corrected chi connectivity index (χ1v) is 8.89. The second-order valence-electron chi connectivity index (χ2n) is 5.96. The van der Waals surface area contributed by atoms with Gasteiger partial charge in [-0.2, -0.15) is 0 Å². The average Bonchev–Trinajstić information content (AvgIpc) is 3.03. The van der Waals surface area contributed by atoms with Gasteiger partial charge in [-0.25, -0.2) is 0 Å². The van der Waals surface area contributed by atoms with E-state index < -0.39 is 0 Å². The Morgan fingerprint density at radius 1 is 1.12 bits per heavy atom. The topological polar surface area (TPSA) is 54.0 Å². The van der Waals surface area contributed by atoms with Gasteiger partial charge in [-0.1, -0.05) is 28.1 Å². The van der Waals surface area contributed by atoms with E-state index in [1.807, 2.05) is 59.7 Å². The van der Waals surface area contributed by atoms with Gasteiger partial charge in [0.15, 0.2) is 17.3 Å². The minimum atomic E-state index is 0.0956. The van der Waals surface area contributed by atoms with Crippen molar-refractivity contribution in [3.05, 3.63) is 93.6 Å². The second kappa shape index (κ2) is 6.80. The Balaban J connectivity index is 1.52. The number of nitrogens with zero attached hydrogens (tertiary/aromatic N) is 1. The lowest BCUT2D eigenvalue weighted by Crippen LogP contribution is -2.27. The Hall–Kier alpha value is -2.86. The first kappa shape index (κ1) is 16.6. The highest BCUT2D eigenvalue weighted by molar-refractivity contribution is 9.10. The number of hydrazine groups is 1. The molecule has 2 aromatic carbocycles. The van der Waals surface area contributed by atoms with Crippen LogP contribution in [0, 0.1) is 0 Å². The summed E-state index contributed by atoms with van der Waals surface area (Å²) in [6.45, 7) is 0.655. The first-order chi connectivity index (χ1) is 12.6. The van der Waals surface area contributed by atoms with Crippen LogP contribution in [-0.4, -0.2) is 17.2 Å². The van der Waals surface area contributed by atoms with E-state index in [1.54, 1.807) is 13.2 Å². The van der Waals surface area contributed by atoms with Gasteiger partial charge in [0.1, 0.15) is 11.4 Å². The summed E-state index contributed by atoms with van der Waals surface area (Å²) < 4.78 is 12.1. The van der Waals surface area contributed by atoms with Gasteiger partial charge in [0.05, 0.1) is 19.9 Å². The maximum absolute atomic E-state index is 10.3. The number of hydrogen-bond donors (Lipinski definition) is 2. The van der Waals surface area contributed by atoms with Gasteiger partial charge in [0.2, 0.25) is 0 Å². The standard InChI is InChI=1S/C20H17BrN2O3/c1-25-16-8-2-13(3-9-16)11-23-12-19-17(22-23)10-18(24)20(26-19)14-4-6-15(21)7-5-14/h2-10,12,22,24H,11H2,1H3. The van der Waals surface area contributed by atoms with Crippen molar-refractivity contribution in [3.8, 4) is 5.75 Å². The number of halogens is 1. The summed E-state index contributed by atoms with van der Waals surface area (Å²) in [4.78, 5) is 0. The number of benzene rings is 2. The van der Waals surface area contributed by atoms with E-state index in [9.17, 15) is 5.11 Å². The van der Waals surface area contributed by atoms with Crippen molar-refractivity contribution in [2.24, 2.45) is 0 Å². The highest BCUT2D eigenvalue weighted by Gasteiger charge is 2.27. The maximum Gasteiger partial charge on any atom is 0.176 e. The third-order valence-corrected chi connectivity index (χ3v) is 4.68. The summed E-state index contributed by atoms with van der Waals surface area (Å²) in [6.07, 6.45) is 3.57. The lowest BCUT2D eigenvalue weighted by atomic mass is 10.1. The van der Waals surface area contributed by atoms with Crippen LogP contribution < -0.4 is 10.2 Å². The number of allylic oxidation sites excluding steroid dienone is 1. The predicted octanol–water partition coefficient (Wildman–Crippen LogP) is 4.46. The molecule has 2 heterocycles. The zero-order valence-corrected chi connectivity index (χ0v) is 15.7. The molecule has 0 amide bonds. The normalized spacial score (nSPS) is 15.7. The van der Waals surface area contributed by atoms with Crippen molar-refractivity contribution in [1.82, 2.24) is 10.4 Å². The molecule has 0 spiro atoms. The highest BCUT2D eigenvalue weighted by Crippen LogP contribution is 2.33. The van der Waals surface area contributed by atoms with Crippen molar-refractivity contribution in [2.75, 3.05) is 7.11 Å². The number of aliphatic hydroxyl groups excluding tert-OH is 1. The van der Waals surface area contributed by atoms with Crippen molar-refractivity contribution in [3.63, 3.8) is 0 Å². The van der Waals surface area contributed by atoms with Crippen LogP contribution in [0.15, 0.2) is 82.5 Å². The molecule has 0 unspecified atom stereocenters. The van der Waals surface area contributed by atoms with Crippen LogP contribution in [0.5, 0.6) is 5.75 Å². The fourth-order valence-corrected chi connectivity index (χ4v) is 3.09. The number of hydrogen-bond acceptors (Lipinski definition) is 5. The van der Waals surface area contributed by atoms with Crippen LogP contribution in [0.4, 0.5) is 0 Å². The van der Waals surface area contributed by atoms with E-state index in [2.05, 4.69) is 21.4 Å². The molecule has 0 aromatic heterocycles. The summed E-state index contributed by atoms with van der Waals surface area (Å²) >= 11 is 3.41. The van der Waals surface area contributed by atoms with Crippen molar-refractivity contribution < 1.29 is 14.6 Å². The monoisotopic (exact) mass is 412 g/mol. The number of aliphatic hydroxyl groups is 1. The Kier molecular flexibility index (Phi) is 4.34. The molecule has 0 saturated carbocycles. The van der Waals surface area contributed by atoms with Crippen LogP contribution in [0.3, 0.4) is 0 Å². The Labute approximate surface area is 159 Å². The fraction of sp³-hybridized carbons (Fsp3) is 0.100. The lowest BCUT2D eigenvalue weighted by molar-refractivity contribution is 0.314. The maximum atomic E-state index is 10.3. The predicted molar refractivity (Wildman–Crippen MR) is 103 cm³/mol. The molecule has 2 aliphatic heterocycles. The molecule has 0 radical (unpaired) electrons. The van der Waals surface area contributed by atoms with Gasteiger partial charge in [-0.3, -0.25) is 10.4 Å². The molecule has 132 valence electrons. The SMILES string of the molecule is COc1ccc(CN2C=C3OC(c4ccc(Br)cc4)=C(O)C=C3N2)cc1. The second-order valence-corrected chi connectivity index (χ2v) is 6.88. The zero-order chi connectivity index (χ0) is 18.1. The molecule has 0 fully saturated rings. The summed E-state index contributed by atoms with van der Waals surface area (Å²) in [7, 11) is 1.65. The third kappa shape index (κ3) is 3.28. The molecule has 26 heavy (non-hydrogen) atoms. The van der Waals surface area contributed by atoms with Crippen LogP contribution in [0.1, 0.15) is 11.1 Å². The smallest absolute Gasteiger partial charge is 0.176 e. The van der Waals surface area contributed by atoms with E-state index in [4.69, 9.17) is 9.47 Å². The van der Waals surface area contributed by atoms with Crippen LogP contribution in [0.25, 0.3) is 5.76 Å². The van der Waals surface area contributed by atoms with Crippen LogP contribution >= 0.6 is 15.9 Å². The average molecular weight is 413 g/mol. The lowest BCUT2D eigenvalue weighted by Gasteiger charge is -2.19. The number of methoxy groups -OCH3 is 1. The van der Waals surface area contributed by atoms with Crippen molar-refractivity contribution >= 4 is 21.7 Å². The van der Waals surface area contributed by atoms with E-state index in [1.165, 1.54) is 0 Å². The molecular weight excluding hydrogens is 396 g/mol. The molecule has 0 bridgehead atoms. The Bertz CT molecular complexity index is 915. The molecule has 4 rings (SSSR count). The molecular formula is C20H17BrN2O3. The largest absolute Gasteiger partial charge is 0.504 e. The van der Waals surface area contributed by atoms with Crippen molar-refractivity contribution in [1.29, 1.82) is 0 Å². The van der Waals surface area contributed by atoms with E-state index in [-0.39, 0.29) is 5.76 Å². The van der Waals surface area contributed by atoms with Gasteiger partial charge in [0, 0.05) is 16.1 Å². The number of ether oxygens (including phenoxy) is 2. The van der Waals surface area contributed by atoms with Gasteiger partial charge in [-0.15, -0.1) is 0 Å². The molecule has 0 saturated heterocycles. The van der Waals surface area contributed by atoms with Crippen LogP contribution in [0.2, 0.25) is 0 Å². The molecule has 6 heteroatoms. The molecule has 0 aliphatic carbocycles. The number of fused-ring (bicyclic) bond motifs is 1. The van der Waals surface area contributed by atoms with Gasteiger partial charge < -0.3 is 14.6 Å². The number of rotatable bonds is 4. The fourth-order valence-electron chi connectivity index (χ4n) is 2.82. The summed E-state index contributed by atoms with van der Waals surface area (Å²) in [5.74, 6) is 2.04. The van der Waals surface area contributed by atoms with Gasteiger partial charge in [-0.05, 0) is 42.0 Å². The minimum Gasteiger partial charge on any atom is -0.504 e. The molecule has 2 aromatic rings. The Morgan fingerprint density at radius 2 is 1.85 bits per heavy atom. The van der Waals surface area contributed by atoms with Crippen LogP contribution in [-0.2, 0) is 11.3 Å². The molecule has 2 N–H and O–H groups in total. The first-order valence-electron chi connectivity index (χ1n) is 8.09. The summed E-state index contributed by atoms with van der Waals surface area (Å²) in [5.41, 5.74) is 5.90. The van der Waals surface area contributed by atoms with Crippen molar-refractivity contribution in [2.45, 2.75) is 6.54 Å². The number of nitrogens with one attached hydrogen (secondary N) is 1. The minimum absolute atomic E-state index is 0.0956. The summed E-state index contributed by atoms with van der Waals surface area (Å²) in [6, 6.07) is 15.5. The summed E-state index contributed by atoms with van der Waals surface area (Å²) in [5, 5.41) is 12.3. The van der Waals surface area contributed by atoms with Gasteiger partial charge >= 0.3 is 0 Å². The van der Waals surface area contributed by atoms with E-state index >= 15 is 0 Å². The van der Waals surface area contributed by atoms with Gasteiger partial charge in [0.25, 0.3) is 0 Å². The van der Waals surface area contributed by atoms with E-state index in [0.29, 0.717) is 18.1 Å². The third-order valence-electron chi connectivity index (χ3n) is 4.15. The quantitative estimate of drug-likeness (QED) is 0.776. The highest BCUT2D eigenvalue weighted by atomic mass is 79.9. The van der Waals surface area contributed by atoms with E-state index in [0.717, 1.165) is 27.0 Å². The Morgan fingerprint density at radius 3 is 2.54 bits per heavy atom. The zero-order valence-electron chi connectivity index (χ0n) is 14.1. The molecule has 5 nitrogen and oxygen atoms in total. The molecule has 2 aliphatic rings.